The van der Waals surface area contributed by atoms with Gasteiger partial charge >= 0.3 is 0 Å². The topological polar surface area (TPSA) is 46.3 Å². The number of fused-ring (bicyclic) bond motifs is 1. The lowest BCUT2D eigenvalue weighted by Crippen LogP contribution is -2.27. The molecule has 0 bridgehead atoms. The maximum atomic E-state index is 4.67. The summed E-state index contributed by atoms with van der Waals surface area (Å²) in [7, 11) is 2.20. The van der Waals surface area contributed by atoms with Gasteiger partial charge in [0.1, 0.15) is 6.33 Å². The lowest BCUT2D eigenvalue weighted by atomic mass is 9.87. The second-order valence-electron chi connectivity index (χ2n) is 6.31. The molecule has 0 aliphatic carbocycles. The van der Waals surface area contributed by atoms with Crippen LogP contribution in [0.15, 0.2) is 28.2 Å². The minimum absolute atomic E-state index is 0.394. The number of likely N-dealkylation sites (tertiary alicyclic amines) is 1. The summed E-state index contributed by atoms with van der Waals surface area (Å²) in [6.07, 6.45) is 7.19. The van der Waals surface area contributed by atoms with Crippen molar-refractivity contribution < 1.29 is 0 Å². The number of hydrogen-bond acceptors (Lipinski definition) is 4. The summed E-state index contributed by atoms with van der Waals surface area (Å²) in [4.78, 5) is 7.07. The summed E-state index contributed by atoms with van der Waals surface area (Å²) >= 11 is 0. The third kappa shape index (κ3) is 2.07. The van der Waals surface area contributed by atoms with Crippen molar-refractivity contribution in [2.75, 3.05) is 20.1 Å². The molecule has 1 saturated heterocycles. The van der Waals surface area contributed by atoms with Gasteiger partial charge in [-0.3, -0.25) is 4.99 Å². The molecule has 1 fully saturated rings. The molecular weight excluding hydrogens is 262 g/mol. The first kappa shape index (κ1) is 13.0. The maximum Gasteiger partial charge on any atom is 0.164 e. The number of nitrogens with zero attached hydrogens (tertiary/aromatic N) is 5. The molecule has 0 spiro atoms. The van der Waals surface area contributed by atoms with Gasteiger partial charge < -0.3 is 9.47 Å². The molecule has 4 heterocycles. The highest BCUT2D eigenvalue weighted by Gasteiger charge is 2.31. The van der Waals surface area contributed by atoms with Crippen LogP contribution in [0, 0.1) is 5.92 Å². The van der Waals surface area contributed by atoms with Crippen molar-refractivity contribution in [1.29, 1.82) is 0 Å². The molecule has 4 rings (SSSR count). The zero-order valence-corrected chi connectivity index (χ0v) is 12.7. The smallest absolute Gasteiger partial charge is 0.164 e. The average molecular weight is 283 g/mol. The van der Waals surface area contributed by atoms with Gasteiger partial charge in [0.05, 0.1) is 0 Å². The fraction of sp³-hybridized carbons (Fsp3) is 0.562. The Morgan fingerprint density at radius 2 is 1.95 bits per heavy atom. The normalized spacial score (nSPS) is 26.1. The molecule has 1 aromatic heterocycles. The van der Waals surface area contributed by atoms with Gasteiger partial charge in [-0.25, -0.2) is 0 Å². The molecule has 110 valence electrons. The van der Waals surface area contributed by atoms with E-state index < -0.39 is 0 Å². The molecule has 0 amide bonds. The molecule has 21 heavy (non-hydrogen) atoms. The Morgan fingerprint density at radius 3 is 2.76 bits per heavy atom. The average Bonchev–Trinajstić information content (AvgIpc) is 3.05. The van der Waals surface area contributed by atoms with Crippen LogP contribution in [0.2, 0.25) is 0 Å². The van der Waals surface area contributed by atoms with E-state index in [1.807, 2.05) is 6.33 Å². The molecule has 0 N–H and O–H groups in total. The van der Waals surface area contributed by atoms with E-state index in [4.69, 9.17) is 0 Å². The van der Waals surface area contributed by atoms with E-state index in [-0.39, 0.29) is 0 Å². The van der Waals surface area contributed by atoms with E-state index in [0.29, 0.717) is 5.92 Å². The maximum absolute atomic E-state index is 4.67. The molecule has 5 heteroatoms. The minimum Gasteiger partial charge on any atom is -0.313 e. The number of hydrogen-bond donors (Lipinski definition) is 0. The van der Waals surface area contributed by atoms with Crippen LogP contribution in [0.25, 0.3) is 5.57 Å². The molecule has 3 aliphatic heterocycles. The minimum atomic E-state index is 0.394. The Labute approximate surface area is 125 Å². The Hall–Kier alpha value is -1.75. The number of rotatable bonds is 0. The fourth-order valence-electron chi connectivity index (χ4n) is 3.63. The van der Waals surface area contributed by atoms with Crippen LogP contribution in [0.1, 0.15) is 32.0 Å². The highest BCUT2D eigenvalue weighted by molar-refractivity contribution is 5.88. The van der Waals surface area contributed by atoms with E-state index in [1.54, 1.807) is 0 Å². The van der Waals surface area contributed by atoms with Crippen molar-refractivity contribution >= 4 is 11.8 Å². The Balaban J connectivity index is 1.88. The van der Waals surface area contributed by atoms with Crippen LogP contribution in [0.3, 0.4) is 0 Å². The Bertz CT molecular complexity index is 654. The molecule has 3 aliphatic rings. The first-order chi connectivity index (χ1) is 10.2. The first-order valence-electron chi connectivity index (χ1n) is 7.80. The number of aromatic nitrogens is 3. The van der Waals surface area contributed by atoms with Gasteiger partial charge in [0.25, 0.3) is 0 Å². The van der Waals surface area contributed by atoms with Crippen molar-refractivity contribution in [2.24, 2.45) is 10.9 Å². The number of aryl methyl sites for hydroxylation is 1. The number of aliphatic imine (C=N–C) groups is 1. The lowest BCUT2D eigenvalue weighted by Gasteiger charge is -2.27. The van der Waals surface area contributed by atoms with E-state index in [9.17, 15) is 0 Å². The molecule has 0 aromatic carbocycles. The van der Waals surface area contributed by atoms with Crippen molar-refractivity contribution in [3.63, 3.8) is 0 Å². The van der Waals surface area contributed by atoms with E-state index in [0.717, 1.165) is 44.7 Å². The molecular formula is C16H21N5. The molecule has 1 unspecified atom stereocenters. The zero-order chi connectivity index (χ0) is 14.4. The Morgan fingerprint density at radius 1 is 1.14 bits per heavy atom. The highest BCUT2D eigenvalue weighted by Crippen LogP contribution is 2.41. The summed E-state index contributed by atoms with van der Waals surface area (Å²) in [6.45, 7) is 5.44. The largest absolute Gasteiger partial charge is 0.313 e. The number of piperidine rings is 1. The third-order valence-electron chi connectivity index (χ3n) is 4.86. The lowest BCUT2D eigenvalue weighted by molar-refractivity contribution is 0.313. The summed E-state index contributed by atoms with van der Waals surface area (Å²) < 4.78 is 2.20. The van der Waals surface area contributed by atoms with Crippen molar-refractivity contribution in [3.8, 4) is 0 Å². The molecule has 0 saturated carbocycles. The zero-order valence-electron chi connectivity index (χ0n) is 12.7. The van der Waals surface area contributed by atoms with Gasteiger partial charge in [-0.05, 0) is 25.5 Å². The summed E-state index contributed by atoms with van der Waals surface area (Å²) in [5.41, 5.74) is 5.54. The van der Waals surface area contributed by atoms with Crippen LogP contribution < -0.4 is 0 Å². The van der Waals surface area contributed by atoms with Gasteiger partial charge in [-0.2, -0.15) is 0 Å². The highest BCUT2D eigenvalue weighted by atomic mass is 15.3. The molecule has 0 radical (unpaired) electrons. The van der Waals surface area contributed by atoms with Gasteiger partial charge in [-0.1, -0.05) is 12.5 Å². The number of allylic oxidation sites excluding steroid dienone is 3. The predicted octanol–water partition coefficient (Wildman–Crippen LogP) is 2.14. The van der Waals surface area contributed by atoms with Crippen LogP contribution in [-0.4, -0.2) is 46.0 Å². The second-order valence-corrected chi connectivity index (χ2v) is 6.31. The van der Waals surface area contributed by atoms with E-state index in [1.165, 1.54) is 22.4 Å². The standard InChI is InChI=1S/C16H21N5/c1-11-9-17-13-5-8-21-10-18-19-16(21)15(14(11)13)12-3-6-20(2)7-4-12/h9-11H,3-8H2,1-2H3. The van der Waals surface area contributed by atoms with Crippen molar-refractivity contribution in [2.45, 2.75) is 32.7 Å². The predicted molar refractivity (Wildman–Crippen MR) is 83.0 cm³/mol. The summed E-state index contributed by atoms with van der Waals surface area (Å²) in [5.74, 6) is 1.45. The van der Waals surface area contributed by atoms with Crippen molar-refractivity contribution in [1.82, 2.24) is 19.7 Å². The fourth-order valence-corrected chi connectivity index (χ4v) is 3.63. The first-order valence-corrected chi connectivity index (χ1v) is 7.80. The van der Waals surface area contributed by atoms with Crippen LogP contribution in [0.5, 0.6) is 0 Å². The molecule has 1 atom stereocenters. The quantitative estimate of drug-likeness (QED) is 0.733. The van der Waals surface area contributed by atoms with Crippen LogP contribution >= 0.6 is 0 Å². The molecule has 1 aromatic rings. The van der Waals surface area contributed by atoms with Gasteiger partial charge in [0.2, 0.25) is 0 Å². The third-order valence-corrected chi connectivity index (χ3v) is 4.86. The van der Waals surface area contributed by atoms with Crippen LogP contribution in [-0.2, 0) is 6.54 Å². The monoisotopic (exact) mass is 283 g/mol. The van der Waals surface area contributed by atoms with E-state index in [2.05, 4.69) is 44.8 Å². The Kier molecular flexibility index (Phi) is 3.03. The van der Waals surface area contributed by atoms with Gasteiger partial charge in [0.15, 0.2) is 5.82 Å². The van der Waals surface area contributed by atoms with Gasteiger partial charge in [0, 0.05) is 49.5 Å². The molecule has 5 nitrogen and oxygen atoms in total. The van der Waals surface area contributed by atoms with Crippen LogP contribution in [0.4, 0.5) is 0 Å². The summed E-state index contributed by atoms with van der Waals surface area (Å²) in [6, 6.07) is 0. The SMILES string of the molecule is CC1C=NC2=C1C(=C1CCN(C)CC1)c1nncn1CC2. The second kappa shape index (κ2) is 4.91. The summed E-state index contributed by atoms with van der Waals surface area (Å²) in [5, 5.41) is 8.59. The van der Waals surface area contributed by atoms with Crippen molar-refractivity contribution in [3.05, 3.63) is 29.0 Å². The van der Waals surface area contributed by atoms with Gasteiger partial charge in [-0.15, -0.1) is 10.2 Å². The van der Waals surface area contributed by atoms with E-state index >= 15 is 0 Å².